The third kappa shape index (κ3) is 6.22. The van der Waals surface area contributed by atoms with Crippen LogP contribution >= 0.6 is 0 Å². The minimum Gasteiger partial charge on any atom is -0.461 e. The summed E-state index contributed by atoms with van der Waals surface area (Å²) in [5.74, 6) is -2.65. The van der Waals surface area contributed by atoms with Crippen molar-refractivity contribution in [3.63, 3.8) is 0 Å². The molecule has 2 aromatic heterocycles. The quantitative estimate of drug-likeness (QED) is 0.226. The first kappa shape index (κ1) is 30.1. The first-order valence-electron chi connectivity index (χ1n) is 13.9. The summed E-state index contributed by atoms with van der Waals surface area (Å²) in [6, 6.07) is 3.52. The molecule has 5 atom stereocenters. The van der Waals surface area contributed by atoms with Crippen LogP contribution in [0.1, 0.15) is 64.7 Å². The molecular weight excluding hydrogens is 572 g/mol. The molecule has 0 aliphatic heterocycles. The van der Waals surface area contributed by atoms with Crippen molar-refractivity contribution in [3.05, 3.63) is 71.6 Å². The van der Waals surface area contributed by atoms with Gasteiger partial charge in [-0.3, -0.25) is 14.4 Å². The SMILES string of the molecule is C=CCOC(=O)[C@H]1CCC2C(CC[C@@H]2NC(=O)c2cc(C(=O)NCc3ccc(F)c(C(F)(F)F)c3)nc3ncnn23)C1C. The number of nitrogens with one attached hydrogen (secondary N) is 2. The zero-order valence-corrected chi connectivity index (χ0v) is 23.2. The van der Waals surface area contributed by atoms with E-state index in [0.29, 0.717) is 18.6 Å². The van der Waals surface area contributed by atoms with Crippen LogP contribution in [0.4, 0.5) is 17.6 Å². The second-order valence-corrected chi connectivity index (χ2v) is 10.9. The molecule has 43 heavy (non-hydrogen) atoms. The van der Waals surface area contributed by atoms with Crippen LogP contribution in [0.25, 0.3) is 5.78 Å². The van der Waals surface area contributed by atoms with Gasteiger partial charge in [-0.15, -0.1) is 0 Å². The van der Waals surface area contributed by atoms with Crippen molar-refractivity contribution in [2.45, 2.75) is 51.4 Å². The van der Waals surface area contributed by atoms with E-state index in [0.717, 1.165) is 25.3 Å². The molecule has 3 aromatic rings. The number of hydrogen-bond donors (Lipinski definition) is 2. The molecule has 2 fully saturated rings. The molecule has 0 radical (unpaired) electrons. The number of ether oxygens (including phenoxy) is 1. The number of halogens is 4. The van der Waals surface area contributed by atoms with Gasteiger partial charge in [0.1, 0.15) is 30.1 Å². The molecule has 0 saturated heterocycles. The number of nitrogens with zero attached hydrogens (tertiary/aromatic N) is 4. The number of carbonyl (C=O) groups is 3. The molecule has 1 aromatic carbocycles. The van der Waals surface area contributed by atoms with Crippen molar-refractivity contribution < 1.29 is 36.7 Å². The lowest BCUT2D eigenvalue weighted by Crippen LogP contribution is -2.44. The van der Waals surface area contributed by atoms with Gasteiger partial charge in [-0.1, -0.05) is 25.6 Å². The monoisotopic (exact) mass is 602 g/mol. The molecule has 10 nitrogen and oxygen atoms in total. The van der Waals surface area contributed by atoms with Crippen LogP contribution in [0.5, 0.6) is 0 Å². The van der Waals surface area contributed by atoms with Gasteiger partial charge in [0.25, 0.3) is 17.6 Å². The number of fused-ring (bicyclic) bond motifs is 2. The van der Waals surface area contributed by atoms with Gasteiger partial charge in [-0.25, -0.2) is 9.37 Å². The number of hydrogen-bond acceptors (Lipinski definition) is 7. The van der Waals surface area contributed by atoms with Gasteiger partial charge in [-0.05, 0) is 61.1 Å². The summed E-state index contributed by atoms with van der Waals surface area (Å²) in [7, 11) is 0. The topological polar surface area (TPSA) is 128 Å². The molecule has 2 N–H and O–H groups in total. The van der Waals surface area contributed by atoms with Crippen LogP contribution in [-0.2, 0) is 22.3 Å². The molecule has 2 heterocycles. The Balaban J connectivity index is 1.28. The average Bonchev–Trinajstić information content (AvgIpc) is 3.62. The molecular formula is C29H30F4N6O4. The fraction of sp³-hybridized carbons (Fsp3) is 0.448. The van der Waals surface area contributed by atoms with Crippen molar-refractivity contribution in [2.24, 2.45) is 23.7 Å². The number of aromatic nitrogens is 4. The number of esters is 1. The highest BCUT2D eigenvalue weighted by molar-refractivity contribution is 5.98. The molecule has 14 heteroatoms. The van der Waals surface area contributed by atoms with E-state index in [1.54, 1.807) is 0 Å². The van der Waals surface area contributed by atoms with Gasteiger partial charge in [-0.2, -0.15) is 27.8 Å². The Kier molecular flexibility index (Phi) is 8.47. The zero-order valence-electron chi connectivity index (χ0n) is 23.2. The highest BCUT2D eigenvalue weighted by Crippen LogP contribution is 2.48. The maximum Gasteiger partial charge on any atom is 0.419 e. The third-order valence-corrected chi connectivity index (χ3v) is 8.47. The first-order valence-corrected chi connectivity index (χ1v) is 13.9. The number of alkyl halides is 3. The summed E-state index contributed by atoms with van der Waals surface area (Å²) in [4.78, 5) is 47.1. The maximum atomic E-state index is 13.6. The molecule has 0 spiro atoms. The summed E-state index contributed by atoms with van der Waals surface area (Å²) in [5.41, 5.74) is -1.60. The van der Waals surface area contributed by atoms with Gasteiger partial charge < -0.3 is 15.4 Å². The lowest BCUT2D eigenvalue weighted by atomic mass is 9.68. The Bertz CT molecular complexity index is 1560. The predicted molar refractivity (Wildman–Crippen MR) is 144 cm³/mol. The summed E-state index contributed by atoms with van der Waals surface area (Å²) in [6.45, 7) is 5.45. The van der Waals surface area contributed by atoms with E-state index in [-0.39, 0.29) is 71.6 Å². The van der Waals surface area contributed by atoms with Crippen LogP contribution < -0.4 is 10.6 Å². The molecule has 2 aliphatic carbocycles. The fourth-order valence-electron chi connectivity index (χ4n) is 6.36. The molecule has 2 amide bonds. The summed E-state index contributed by atoms with van der Waals surface area (Å²) >= 11 is 0. The second kappa shape index (κ2) is 12.1. The molecule has 0 bridgehead atoms. The fourth-order valence-corrected chi connectivity index (χ4v) is 6.36. The summed E-state index contributed by atoms with van der Waals surface area (Å²) in [6.07, 6.45) is 0.777. The predicted octanol–water partition coefficient (Wildman–Crippen LogP) is 4.11. The highest BCUT2D eigenvalue weighted by atomic mass is 19.4. The van der Waals surface area contributed by atoms with E-state index in [1.807, 2.05) is 6.92 Å². The standard InChI is InChI=1S/C29H30F4N6O4/c1-3-10-43-27(42)18-5-6-19-17(15(18)2)7-9-22(19)37-26(41)24-12-23(38-28-35-14-36-39(24)28)25(40)34-13-16-4-8-21(30)20(11-16)29(31,32)33/h3-4,8,11-12,14-15,17-19,22H,1,5-7,9-10,13H2,2H3,(H,34,40)(H,37,41)/t15?,17?,18-,19?,22-/m0/s1. The van der Waals surface area contributed by atoms with Crippen LogP contribution in [0.15, 0.2) is 43.2 Å². The molecule has 2 saturated carbocycles. The molecule has 3 unspecified atom stereocenters. The van der Waals surface area contributed by atoms with Gasteiger partial charge in [0.05, 0.1) is 11.5 Å². The number of benzene rings is 1. The van der Waals surface area contributed by atoms with E-state index < -0.39 is 29.4 Å². The van der Waals surface area contributed by atoms with E-state index in [2.05, 4.69) is 32.3 Å². The molecule has 228 valence electrons. The van der Waals surface area contributed by atoms with Crippen molar-refractivity contribution >= 4 is 23.6 Å². The van der Waals surface area contributed by atoms with Gasteiger partial charge in [0.15, 0.2) is 0 Å². The van der Waals surface area contributed by atoms with Gasteiger partial charge >= 0.3 is 12.1 Å². The Morgan fingerprint density at radius 2 is 1.88 bits per heavy atom. The largest absolute Gasteiger partial charge is 0.461 e. The Hall–Kier alpha value is -4.36. The number of amides is 2. The molecule has 5 rings (SSSR count). The van der Waals surface area contributed by atoms with E-state index in [1.165, 1.54) is 23.0 Å². The minimum atomic E-state index is -4.89. The lowest BCUT2D eigenvalue weighted by molar-refractivity contribution is -0.152. The summed E-state index contributed by atoms with van der Waals surface area (Å²) in [5, 5.41) is 9.57. The Morgan fingerprint density at radius 1 is 1.12 bits per heavy atom. The zero-order chi connectivity index (χ0) is 30.9. The highest BCUT2D eigenvalue weighted by Gasteiger charge is 2.47. The minimum absolute atomic E-state index is 0.00646. The Labute approximate surface area is 243 Å². The number of carbonyl (C=O) groups excluding carboxylic acids is 3. The number of rotatable bonds is 8. The normalized spacial score (nSPS) is 23.4. The van der Waals surface area contributed by atoms with Crippen LogP contribution in [0.2, 0.25) is 0 Å². The van der Waals surface area contributed by atoms with E-state index in [4.69, 9.17) is 4.74 Å². The average molecular weight is 603 g/mol. The second-order valence-electron chi connectivity index (χ2n) is 10.9. The smallest absolute Gasteiger partial charge is 0.419 e. The summed E-state index contributed by atoms with van der Waals surface area (Å²) < 4.78 is 59.3. The van der Waals surface area contributed by atoms with E-state index >= 15 is 0 Å². The van der Waals surface area contributed by atoms with Crippen molar-refractivity contribution in [1.29, 1.82) is 0 Å². The van der Waals surface area contributed by atoms with Crippen molar-refractivity contribution in [2.75, 3.05) is 6.61 Å². The molecule has 2 aliphatic rings. The lowest BCUT2D eigenvalue weighted by Gasteiger charge is -2.38. The maximum absolute atomic E-state index is 13.6. The van der Waals surface area contributed by atoms with Crippen LogP contribution in [0.3, 0.4) is 0 Å². The first-order chi connectivity index (χ1) is 20.5. The third-order valence-electron chi connectivity index (χ3n) is 8.47. The van der Waals surface area contributed by atoms with Crippen LogP contribution in [-0.4, -0.2) is 50.0 Å². The van der Waals surface area contributed by atoms with Gasteiger partial charge in [0, 0.05) is 18.7 Å². The van der Waals surface area contributed by atoms with E-state index in [9.17, 15) is 31.9 Å². The van der Waals surface area contributed by atoms with Crippen molar-refractivity contribution in [1.82, 2.24) is 30.2 Å². The van der Waals surface area contributed by atoms with Gasteiger partial charge in [0.2, 0.25) is 0 Å². The van der Waals surface area contributed by atoms with Crippen molar-refractivity contribution in [3.8, 4) is 0 Å². The Morgan fingerprint density at radius 3 is 2.63 bits per heavy atom. The van der Waals surface area contributed by atoms with Crippen LogP contribution in [0, 0.1) is 29.5 Å².